The molecule has 8 nitrogen and oxygen atoms in total. The first-order valence-corrected chi connectivity index (χ1v) is 11.3. The van der Waals surface area contributed by atoms with Gasteiger partial charge in [0.25, 0.3) is 0 Å². The zero-order valence-corrected chi connectivity index (χ0v) is 18.8. The number of aryl methyl sites for hydroxylation is 2. The number of nitrogens with one attached hydrogen (secondary N) is 1. The van der Waals surface area contributed by atoms with Crippen molar-refractivity contribution in [2.24, 2.45) is 0 Å². The second-order valence-corrected chi connectivity index (χ2v) is 9.46. The van der Waals surface area contributed by atoms with E-state index in [-0.39, 0.29) is 36.6 Å². The summed E-state index contributed by atoms with van der Waals surface area (Å²) in [5.74, 6) is 0.534. The fourth-order valence-corrected chi connectivity index (χ4v) is 5.09. The van der Waals surface area contributed by atoms with E-state index in [4.69, 9.17) is 9.47 Å². The molecule has 0 aromatic heterocycles. The molecule has 0 radical (unpaired) electrons. The highest BCUT2D eigenvalue weighted by atomic mass is 32.2. The van der Waals surface area contributed by atoms with Gasteiger partial charge in [-0.2, -0.15) is 4.31 Å². The Morgan fingerprint density at radius 1 is 1.24 bits per heavy atom. The van der Waals surface area contributed by atoms with Crippen LogP contribution in [0.2, 0.25) is 0 Å². The number of carbonyl (C=O) groups excluding carboxylic acids is 1. The largest absolute Gasteiger partial charge is 0.497 e. The molecular weight excluding hydrogens is 394 g/mol. The second kappa shape index (κ2) is 10.4. The molecular formula is C20H33N3O5S. The van der Waals surface area contributed by atoms with Crippen LogP contribution in [0.4, 0.5) is 0 Å². The Morgan fingerprint density at radius 2 is 1.90 bits per heavy atom. The Labute approximate surface area is 174 Å². The van der Waals surface area contributed by atoms with Crippen LogP contribution in [0, 0.1) is 13.8 Å². The summed E-state index contributed by atoms with van der Waals surface area (Å²) in [4.78, 5) is 14.3. The Bertz CT molecular complexity index is 783. The molecule has 0 aliphatic carbocycles. The summed E-state index contributed by atoms with van der Waals surface area (Å²) in [6.45, 7) is 5.54. The van der Waals surface area contributed by atoms with Crippen molar-refractivity contribution in [3.8, 4) is 5.75 Å². The molecule has 0 saturated carbocycles. The average Bonchev–Trinajstić information content (AvgIpc) is 2.69. The van der Waals surface area contributed by atoms with Gasteiger partial charge in [0, 0.05) is 33.2 Å². The third-order valence-electron chi connectivity index (χ3n) is 5.33. The van der Waals surface area contributed by atoms with Gasteiger partial charge in [-0.15, -0.1) is 0 Å². The van der Waals surface area contributed by atoms with E-state index in [0.717, 1.165) is 25.9 Å². The molecule has 1 saturated heterocycles. The number of hydrogen-bond acceptors (Lipinski definition) is 6. The maximum absolute atomic E-state index is 13.0. The standard InChI is InChI=1S/C20H33N3O5S/c1-15-11-18(27-5)12-16(2)20(15)29(25,26)22(3)9-10-28-14-19(24)23(4)17-7-6-8-21-13-17/h11-12,17,21H,6-10,13-14H2,1-5H3. The molecule has 1 fully saturated rings. The number of carbonyl (C=O) groups is 1. The molecule has 1 aromatic carbocycles. The number of piperidine rings is 1. The van der Waals surface area contributed by atoms with E-state index >= 15 is 0 Å². The van der Waals surface area contributed by atoms with E-state index in [1.54, 1.807) is 45.0 Å². The van der Waals surface area contributed by atoms with Gasteiger partial charge in [0.2, 0.25) is 15.9 Å². The summed E-state index contributed by atoms with van der Waals surface area (Å²) in [6, 6.07) is 3.60. The lowest BCUT2D eigenvalue weighted by atomic mass is 10.1. The third kappa shape index (κ3) is 5.91. The lowest BCUT2D eigenvalue weighted by molar-refractivity contribution is -0.137. The van der Waals surface area contributed by atoms with Gasteiger partial charge in [0.1, 0.15) is 12.4 Å². The van der Waals surface area contributed by atoms with Crippen molar-refractivity contribution in [3.05, 3.63) is 23.3 Å². The number of amides is 1. The minimum atomic E-state index is -3.67. The molecule has 1 amide bonds. The molecule has 1 heterocycles. The maximum Gasteiger partial charge on any atom is 0.248 e. The van der Waals surface area contributed by atoms with Gasteiger partial charge < -0.3 is 19.7 Å². The maximum atomic E-state index is 13.0. The Kier molecular flexibility index (Phi) is 8.45. The summed E-state index contributed by atoms with van der Waals surface area (Å²) in [5.41, 5.74) is 1.26. The number of likely N-dealkylation sites (N-methyl/N-ethyl adjacent to an activating group) is 2. The first-order chi connectivity index (χ1) is 13.7. The van der Waals surface area contributed by atoms with Crippen molar-refractivity contribution in [1.29, 1.82) is 0 Å². The lowest BCUT2D eigenvalue weighted by Crippen LogP contribution is -2.47. The van der Waals surface area contributed by atoms with E-state index in [1.165, 1.54) is 11.4 Å². The number of ether oxygens (including phenoxy) is 2. The van der Waals surface area contributed by atoms with Crippen molar-refractivity contribution in [2.75, 3.05) is 54.1 Å². The number of methoxy groups -OCH3 is 1. The fourth-order valence-electron chi connectivity index (χ4n) is 3.53. The zero-order valence-electron chi connectivity index (χ0n) is 18.0. The predicted octanol–water partition coefficient (Wildman–Crippen LogP) is 1.16. The van der Waals surface area contributed by atoms with Crippen LogP contribution in [0.5, 0.6) is 5.75 Å². The number of sulfonamides is 1. The van der Waals surface area contributed by atoms with Crippen molar-refractivity contribution in [2.45, 2.75) is 37.6 Å². The van der Waals surface area contributed by atoms with Crippen molar-refractivity contribution >= 4 is 15.9 Å². The van der Waals surface area contributed by atoms with Crippen molar-refractivity contribution in [3.63, 3.8) is 0 Å². The van der Waals surface area contributed by atoms with E-state index in [1.807, 2.05) is 0 Å². The zero-order chi connectivity index (χ0) is 21.6. The molecule has 1 N–H and O–H groups in total. The highest BCUT2D eigenvalue weighted by Crippen LogP contribution is 2.27. The molecule has 164 valence electrons. The summed E-state index contributed by atoms with van der Waals surface area (Å²) >= 11 is 0. The number of rotatable bonds is 9. The molecule has 1 aliphatic heterocycles. The SMILES string of the molecule is COc1cc(C)c(S(=O)(=O)N(C)CCOCC(=O)N(C)C2CCCNC2)c(C)c1. The van der Waals surface area contributed by atoms with Crippen LogP contribution in [0.15, 0.2) is 17.0 Å². The van der Waals surface area contributed by atoms with Gasteiger partial charge in [0.15, 0.2) is 0 Å². The summed E-state index contributed by atoms with van der Waals surface area (Å²) < 4.78 is 37.9. The van der Waals surface area contributed by atoms with Gasteiger partial charge in [0.05, 0.1) is 18.6 Å². The van der Waals surface area contributed by atoms with E-state index < -0.39 is 10.0 Å². The van der Waals surface area contributed by atoms with Crippen LogP contribution in [-0.2, 0) is 19.6 Å². The van der Waals surface area contributed by atoms with Gasteiger partial charge in [-0.05, 0) is 56.5 Å². The number of nitrogens with zero attached hydrogens (tertiary/aromatic N) is 2. The first-order valence-electron chi connectivity index (χ1n) is 9.84. The predicted molar refractivity (Wildman–Crippen MR) is 112 cm³/mol. The smallest absolute Gasteiger partial charge is 0.248 e. The van der Waals surface area contributed by atoms with Crippen molar-refractivity contribution < 1.29 is 22.7 Å². The molecule has 1 atom stereocenters. The molecule has 0 bridgehead atoms. The normalized spacial score (nSPS) is 17.4. The second-order valence-electron chi connectivity index (χ2n) is 7.47. The number of benzene rings is 1. The Balaban J connectivity index is 1.88. The Morgan fingerprint density at radius 3 is 2.45 bits per heavy atom. The summed E-state index contributed by atoms with van der Waals surface area (Å²) in [7, 11) is 1.19. The highest BCUT2D eigenvalue weighted by Gasteiger charge is 2.26. The topological polar surface area (TPSA) is 88.2 Å². The van der Waals surface area contributed by atoms with Gasteiger partial charge in [-0.25, -0.2) is 8.42 Å². The van der Waals surface area contributed by atoms with E-state index in [0.29, 0.717) is 16.9 Å². The Hall–Kier alpha value is -1.68. The molecule has 9 heteroatoms. The van der Waals surface area contributed by atoms with E-state index in [2.05, 4.69) is 5.32 Å². The van der Waals surface area contributed by atoms with Crippen molar-refractivity contribution in [1.82, 2.24) is 14.5 Å². The van der Waals surface area contributed by atoms with Gasteiger partial charge >= 0.3 is 0 Å². The molecule has 1 unspecified atom stereocenters. The minimum absolute atomic E-state index is 0.0541. The molecule has 1 aliphatic rings. The van der Waals surface area contributed by atoms with Crippen LogP contribution in [0.1, 0.15) is 24.0 Å². The number of hydrogen-bond donors (Lipinski definition) is 1. The van der Waals surface area contributed by atoms with E-state index in [9.17, 15) is 13.2 Å². The summed E-state index contributed by atoms with van der Waals surface area (Å²) in [6.07, 6.45) is 2.03. The summed E-state index contributed by atoms with van der Waals surface area (Å²) in [5, 5.41) is 3.29. The molecule has 29 heavy (non-hydrogen) atoms. The molecule has 0 spiro atoms. The average molecular weight is 428 g/mol. The van der Waals surface area contributed by atoms with Crippen LogP contribution < -0.4 is 10.1 Å². The van der Waals surface area contributed by atoms with Gasteiger partial charge in [-0.1, -0.05) is 0 Å². The fraction of sp³-hybridized carbons (Fsp3) is 0.650. The monoisotopic (exact) mass is 427 g/mol. The highest BCUT2D eigenvalue weighted by molar-refractivity contribution is 7.89. The first kappa shape index (κ1) is 23.6. The van der Waals surface area contributed by atoms with Crippen LogP contribution in [0.25, 0.3) is 0 Å². The quantitative estimate of drug-likeness (QED) is 0.595. The van der Waals surface area contributed by atoms with Crippen LogP contribution >= 0.6 is 0 Å². The molecule has 1 aromatic rings. The van der Waals surface area contributed by atoms with Crippen LogP contribution in [0.3, 0.4) is 0 Å². The molecule has 2 rings (SSSR count). The van der Waals surface area contributed by atoms with Crippen LogP contribution in [-0.4, -0.2) is 83.6 Å². The minimum Gasteiger partial charge on any atom is -0.497 e. The lowest BCUT2D eigenvalue weighted by Gasteiger charge is -2.31. The third-order valence-corrected chi connectivity index (χ3v) is 7.49. The van der Waals surface area contributed by atoms with Gasteiger partial charge in [-0.3, -0.25) is 4.79 Å².